The van der Waals surface area contributed by atoms with Gasteiger partial charge in [0.25, 0.3) is 0 Å². The zero-order chi connectivity index (χ0) is 12.7. The molecule has 4 nitrogen and oxygen atoms in total. The lowest BCUT2D eigenvalue weighted by molar-refractivity contribution is -0.124. The van der Waals surface area contributed by atoms with E-state index < -0.39 is 12.2 Å². The molecule has 1 aromatic rings. The Kier molecular flexibility index (Phi) is 5.86. The van der Waals surface area contributed by atoms with Gasteiger partial charge in [-0.2, -0.15) is 5.06 Å². The van der Waals surface area contributed by atoms with Crippen LogP contribution in [0.5, 0.6) is 0 Å². The molecule has 4 heteroatoms. The summed E-state index contributed by atoms with van der Waals surface area (Å²) < 4.78 is 0. The summed E-state index contributed by atoms with van der Waals surface area (Å²) in [6, 6.07) is 9.48. The second kappa shape index (κ2) is 7.19. The maximum Gasteiger partial charge on any atom is 0.0743 e. The minimum Gasteiger partial charge on any atom is -0.392 e. The number of aliphatic hydroxyl groups excluding tert-OH is 2. The molecule has 0 aliphatic heterocycles. The minimum atomic E-state index is -0.781. The average molecular weight is 237 g/mol. The van der Waals surface area contributed by atoms with E-state index in [-0.39, 0.29) is 13.0 Å². The van der Waals surface area contributed by atoms with E-state index >= 15 is 0 Å². The number of rotatable bonds is 7. The molecule has 0 amide bonds. The summed E-state index contributed by atoms with van der Waals surface area (Å²) in [4.78, 5) is 0. The van der Waals surface area contributed by atoms with Gasteiger partial charge in [-0.25, -0.2) is 0 Å². The van der Waals surface area contributed by atoms with Crippen LogP contribution in [0.4, 0.5) is 0 Å². The van der Waals surface area contributed by atoms with Gasteiger partial charge in [0.15, 0.2) is 0 Å². The van der Waals surface area contributed by atoms with Crippen molar-refractivity contribution in [3.05, 3.63) is 48.6 Å². The van der Waals surface area contributed by atoms with Crippen molar-refractivity contribution in [3.63, 3.8) is 0 Å². The van der Waals surface area contributed by atoms with Crippen LogP contribution in [0.2, 0.25) is 0 Å². The summed E-state index contributed by atoms with van der Waals surface area (Å²) in [6.45, 7) is 3.87. The van der Waals surface area contributed by atoms with Crippen LogP contribution in [0.1, 0.15) is 12.0 Å². The van der Waals surface area contributed by atoms with Crippen molar-refractivity contribution >= 4 is 0 Å². The number of nitrogens with zero attached hydrogens (tertiary/aromatic N) is 1. The van der Waals surface area contributed by atoms with Crippen LogP contribution >= 0.6 is 0 Å². The molecule has 1 aromatic carbocycles. The van der Waals surface area contributed by atoms with Crippen molar-refractivity contribution in [2.75, 3.05) is 6.54 Å². The molecule has 17 heavy (non-hydrogen) atoms. The van der Waals surface area contributed by atoms with E-state index in [1.165, 1.54) is 6.08 Å². The fourth-order valence-corrected chi connectivity index (χ4v) is 1.55. The number of hydrogen-bond acceptors (Lipinski definition) is 4. The quantitative estimate of drug-likeness (QED) is 0.492. The fourth-order valence-electron chi connectivity index (χ4n) is 1.55. The highest BCUT2D eigenvalue weighted by Crippen LogP contribution is 2.05. The predicted octanol–water partition coefficient (Wildman–Crippen LogP) is 1.18. The Balaban J connectivity index is 2.34. The second-order valence-corrected chi connectivity index (χ2v) is 4.03. The third kappa shape index (κ3) is 5.60. The van der Waals surface area contributed by atoms with Crippen LogP contribution < -0.4 is 0 Å². The molecular weight excluding hydrogens is 218 g/mol. The molecule has 2 unspecified atom stereocenters. The van der Waals surface area contributed by atoms with E-state index in [9.17, 15) is 15.4 Å². The molecule has 0 bridgehead atoms. The van der Waals surface area contributed by atoms with Crippen molar-refractivity contribution in [3.8, 4) is 0 Å². The molecule has 94 valence electrons. The molecule has 0 radical (unpaired) electrons. The summed E-state index contributed by atoms with van der Waals surface area (Å²) in [5, 5.41) is 29.5. The molecule has 3 N–H and O–H groups in total. The van der Waals surface area contributed by atoms with E-state index in [0.717, 1.165) is 10.6 Å². The first-order valence-corrected chi connectivity index (χ1v) is 5.58. The maximum absolute atomic E-state index is 9.62. The first-order valence-electron chi connectivity index (χ1n) is 5.58. The molecule has 0 aliphatic rings. The van der Waals surface area contributed by atoms with Gasteiger partial charge in [0.2, 0.25) is 0 Å². The van der Waals surface area contributed by atoms with Crippen LogP contribution in [0, 0.1) is 0 Å². The smallest absolute Gasteiger partial charge is 0.0743 e. The molecule has 0 aromatic heterocycles. The Hall–Kier alpha value is -1.20. The van der Waals surface area contributed by atoms with Crippen molar-refractivity contribution in [1.29, 1.82) is 0 Å². The highest BCUT2D eigenvalue weighted by atomic mass is 16.5. The summed E-state index contributed by atoms with van der Waals surface area (Å²) in [6.07, 6.45) is 0.0177. The maximum atomic E-state index is 9.62. The van der Waals surface area contributed by atoms with Crippen molar-refractivity contribution < 1.29 is 15.4 Å². The molecule has 0 fully saturated rings. The normalized spacial score (nSPS) is 14.6. The summed E-state index contributed by atoms with van der Waals surface area (Å²) in [5.41, 5.74) is 0.964. The van der Waals surface area contributed by atoms with Crippen molar-refractivity contribution in [2.45, 2.75) is 25.2 Å². The fraction of sp³-hybridized carbons (Fsp3) is 0.385. The third-order valence-corrected chi connectivity index (χ3v) is 2.42. The van der Waals surface area contributed by atoms with Crippen LogP contribution in [0.3, 0.4) is 0 Å². The highest BCUT2D eigenvalue weighted by Gasteiger charge is 2.13. The second-order valence-electron chi connectivity index (χ2n) is 4.03. The van der Waals surface area contributed by atoms with Crippen LogP contribution in [0.25, 0.3) is 0 Å². The standard InChI is InChI=1S/C13H19NO3/c1-2-12(15)8-13(16)10-14(17)9-11-6-4-3-5-7-11/h2-7,12-13,15-17H,1,8-10H2. The van der Waals surface area contributed by atoms with Gasteiger partial charge in [-0.05, 0) is 5.56 Å². The number of hydroxylamine groups is 2. The van der Waals surface area contributed by atoms with E-state index in [1.54, 1.807) is 0 Å². The van der Waals surface area contributed by atoms with Crippen molar-refractivity contribution in [2.24, 2.45) is 0 Å². The number of hydrogen-bond donors (Lipinski definition) is 3. The summed E-state index contributed by atoms with van der Waals surface area (Å²) in [5.74, 6) is 0. The van der Waals surface area contributed by atoms with E-state index in [1.807, 2.05) is 30.3 Å². The van der Waals surface area contributed by atoms with E-state index in [0.29, 0.717) is 6.54 Å². The van der Waals surface area contributed by atoms with E-state index in [2.05, 4.69) is 6.58 Å². The average Bonchev–Trinajstić information content (AvgIpc) is 2.29. The molecular formula is C13H19NO3. The Morgan fingerprint density at radius 2 is 1.88 bits per heavy atom. The molecule has 0 saturated carbocycles. The topological polar surface area (TPSA) is 63.9 Å². The van der Waals surface area contributed by atoms with Gasteiger partial charge in [-0.15, -0.1) is 6.58 Å². The lowest BCUT2D eigenvalue weighted by atomic mass is 10.1. The Morgan fingerprint density at radius 3 is 2.47 bits per heavy atom. The Bertz CT molecular complexity index is 329. The molecule has 1 rings (SSSR count). The molecule has 0 saturated heterocycles. The molecule has 0 aliphatic carbocycles. The third-order valence-electron chi connectivity index (χ3n) is 2.42. The summed E-state index contributed by atoms with van der Waals surface area (Å²) >= 11 is 0. The lowest BCUT2D eigenvalue weighted by Crippen LogP contribution is -2.31. The van der Waals surface area contributed by atoms with Crippen LogP contribution in [-0.4, -0.2) is 39.2 Å². The van der Waals surface area contributed by atoms with Gasteiger partial charge in [-0.1, -0.05) is 36.4 Å². The molecule has 0 spiro atoms. The van der Waals surface area contributed by atoms with Gasteiger partial charge in [0.05, 0.1) is 18.8 Å². The van der Waals surface area contributed by atoms with Gasteiger partial charge in [0.1, 0.15) is 0 Å². The zero-order valence-corrected chi connectivity index (χ0v) is 9.74. The van der Waals surface area contributed by atoms with Crippen LogP contribution in [-0.2, 0) is 6.54 Å². The molecule has 2 atom stereocenters. The largest absolute Gasteiger partial charge is 0.392 e. The number of benzene rings is 1. The first-order chi connectivity index (χ1) is 8.11. The van der Waals surface area contributed by atoms with Gasteiger partial charge in [-0.3, -0.25) is 0 Å². The van der Waals surface area contributed by atoms with Crippen LogP contribution in [0.15, 0.2) is 43.0 Å². The highest BCUT2D eigenvalue weighted by molar-refractivity contribution is 5.14. The summed E-state index contributed by atoms with van der Waals surface area (Å²) in [7, 11) is 0. The molecule has 0 heterocycles. The first kappa shape index (κ1) is 13.9. The Morgan fingerprint density at radius 1 is 1.24 bits per heavy atom. The van der Waals surface area contributed by atoms with Gasteiger partial charge in [0, 0.05) is 13.0 Å². The van der Waals surface area contributed by atoms with Gasteiger partial charge >= 0.3 is 0 Å². The monoisotopic (exact) mass is 237 g/mol. The van der Waals surface area contributed by atoms with E-state index in [4.69, 9.17) is 0 Å². The lowest BCUT2D eigenvalue weighted by Gasteiger charge is -2.19. The number of aliphatic hydroxyl groups is 2. The zero-order valence-electron chi connectivity index (χ0n) is 9.74. The minimum absolute atomic E-state index is 0.0970. The SMILES string of the molecule is C=CC(O)CC(O)CN(O)Cc1ccccc1. The van der Waals surface area contributed by atoms with Crippen molar-refractivity contribution in [1.82, 2.24) is 5.06 Å². The Labute approximate surface area is 101 Å². The van der Waals surface area contributed by atoms with Gasteiger partial charge < -0.3 is 15.4 Å². The predicted molar refractivity (Wildman–Crippen MR) is 65.5 cm³/mol.